The van der Waals surface area contributed by atoms with Crippen LogP contribution in [0.5, 0.6) is 0 Å². The zero-order valence-corrected chi connectivity index (χ0v) is 14.4. The molecule has 28 heavy (non-hydrogen) atoms. The fourth-order valence-electron chi connectivity index (χ4n) is 2.69. The minimum Gasteiger partial charge on any atom is -0.415 e. The first kappa shape index (κ1) is 17.7. The van der Waals surface area contributed by atoms with Gasteiger partial charge in [-0.1, -0.05) is 12.1 Å². The van der Waals surface area contributed by atoms with E-state index >= 15 is 0 Å². The zero-order chi connectivity index (χ0) is 19.5. The molecule has 4 aromatic rings. The highest BCUT2D eigenvalue weighted by Crippen LogP contribution is 2.24. The number of rotatable bonds is 5. The van der Waals surface area contributed by atoms with Crippen LogP contribution in [0.3, 0.4) is 0 Å². The van der Waals surface area contributed by atoms with Crippen molar-refractivity contribution in [2.24, 2.45) is 0 Å². The number of benzene rings is 1. The summed E-state index contributed by atoms with van der Waals surface area (Å²) >= 11 is 0. The van der Waals surface area contributed by atoms with Crippen LogP contribution in [0.1, 0.15) is 17.9 Å². The van der Waals surface area contributed by atoms with Crippen LogP contribution in [0.25, 0.3) is 22.8 Å². The molecule has 1 aromatic carbocycles. The number of halogens is 2. The van der Waals surface area contributed by atoms with Gasteiger partial charge in [0.25, 0.3) is 11.4 Å². The average molecular weight is 381 g/mol. The Morgan fingerprint density at radius 3 is 2.36 bits per heavy atom. The van der Waals surface area contributed by atoms with Crippen molar-refractivity contribution in [3.8, 4) is 22.8 Å². The van der Waals surface area contributed by atoms with E-state index < -0.39 is 12.3 Å². The first-order valence-electron chi connectivity index (χ1n) is 8.29. The number of pyridine rings is 1. The molecule has 0 aliphatic carbocycles. The second-order valence-corrected chi connectivity index (χ2v) is 5.87. The molecule has 4 rings (SSSR count). The average Bonchev–Trinajstić information content (AvgIpc) is 3.21. The fraction of sp³-hybridized carbons (Fsp3) is 0.105. The van der Waals surface area contributed by atoms with E-state index in [9.17, 15) is 13.6 Å². The molecule has 0 N–H and O–H groups in total. The second-order valence-electron chi connectivity index (χ2n) is 5.87. The third-order valence-corrected chi connectivity index (χ3v) is 4.04. The maximum atomic E-state index is 12.6. The lowest BCUT2D eigenvalue weighted by molar-refractivity contribution is 0.116. The number of hydrogen-bond acceptors (Lipinski definition) is 6. The third-order valence-electron chi connectivity index (χ3n) is 4.04. The van der Waals surface area contributed by atoms with Gasteiger partial charge in [-0.3, -0.25) is 14.3 Å². The Labute approximate surface area is 157 Å². The maximum absolute atomic E-state index is 12.6. The number of hydrogen-bond donors (Lipinski definition) is 0. The van der Waals surface area contributed by atoms with Crippen molar-refractivity contribution >= 4 is 0 Å². The SMILES string of the molecule is O=c1ccnc(-c2ccncc2)n1Cc1ccc(-c2nnc(C(F)F)o2)cc1. The van der Waals surface area contributed by atoms with E-state index in [-0.39, 0.29) is 18.0 Å². The van der Waals surface area contributed by atoms with Gasteiger partial charge >= 0.3 is 6.43 Å². The standard InChI is InChI=1S/C19H13F2N5O2/c20-16(21)19-25-24-18(28-19)14-3-1-12(2-4-14)11-26-15(27)7-10-23-17(26)13-5-8-22-9-6-13/h1-10,16H,11H2. The van der Waals surface area contributed by atoms with Gasteiger partial charge in [0.2, 0.25) is 5.89 Å². The van der Waals surface area contributed by atoms with Crippen LogP contribution >= 0.6 is 0 Å². The molecule has 0 aliphatic heterocycles. The smallest absolute Gasteiger partial charge is 0.314 e. The van der Waals surface area contributed by atoms with E-state index in [1.165, 1.54) is 12.3 Å². The molecule has 0 bridgehead atoms. The minimum absolute atomic E-state index is 0.0119. The van der Waals surface area contributed by atoms with E-state index in [1.54, 1.807) is 53.4 Å². The van der Waals surface area contributed by atoms with Crippen LogP contribution in [0.2, 0.25) is 0 Å². The van der Waals surface area contributed by atoms with Crippen LogP contribution in [-0.2, 0) is 6.54 Å². The molecule has 9 heteroatoms. The topological polar surface area (TPSA) is 86.7 Å². The summed E-state index contributed by atoms with van der Waals surface area (Å²) in [6.07, 6.45) is 1.91. The van der Waals surface area contributed by atoms with Gasteiger partial charge in [-0.25, -0.2) is 4.98 Å². The van der Waals surface area contributed by atoms with Gasteiger partial charge < -0.3 is 4.42 Å². The Hall–Kier alpha value is -3.75. The molecule has 0 fully saturated rings. The Morgan fingerprint density at radius 1 is 0.929 bits per heavy atom. The molecular formula is C19H13F2N5O2. The van der Waals surface area contributed by atoms with Crippen LogP contribution in [0.15, 0.2) is 70.3 Å². The molecule has 0 amide bonds. The van der Waals surface area contributed by atoms with Crippen molar-refractivity contribution in [2.75, 3.05) is 0 Å². The van der Waals surface area contributed by atoms with Gasteiger partial charge in [0, 0.05) is 35.8 Å². The minimum atomic E-state index is -2.82. The zero-order valence-electron chi connectivity index (χ0n) is 14.4. The van der Waals surface area contributed by atoms with Crippen molar-refractivity contribution in [1.29, 1.82) is 0 Å². The quantitative estimate of drug-likeness (QED) is 0.527. The van der Waals surface area contributed by atoms with Crippen LogP contribution in [-0.4, -0.2) is 24.7 Å². The van der Waals surface area contributed by atoms with E-state index in [1.807, 2.05) is 0 Å². The second kappa shape index (κ2) is 7.47. The van der Waals surface area contributed by atoms with Crippen LogP contribution in [0.4, 0.5) is 8.78 Å². The van der Waals surface area contributed by atoms with E-state index in [0.29, 0.717) is 11.4 Å². The molecule has 0 spiro atoms. The lowest BCUT2D eigenvalue weighted by Gasteiger charge is -2.11. The highest BCUT2D eigenvalue weighted by Gasteiger charge is 2.17. The summed E-state index contributed by atoms with van der Waals surface area (Å²) in [5.74, 6) is -0.182. The molecule has 0 saturated heterocycles. The third kappa shape index (κ3) is 3.54. The molecule has 0 atom stereocenters. The van der Waals surface area contributed by atoms with Crippen molar-refractivity contribution in [2.45, 2.75) is 13.0 Å². The van der Waals surface area contributed by atoms with E-state index in [4.69, 9.17) is 4.42 Å². The van der Waals surface area contributed by atoms with Gasteiger partial charge in [0.05, 0.1) is 6.54 Å². The summed E-state index contributed by atoms with van der Waals surface area (Å²) in [6.45, 7) is 0.288. The highest BCUT2D eigenvalue weighted by molar-refractivity contribution is 5.55. The van der Waals surface area contributed by atoms with Crippen molar-refractivity contribution in [1.82, 2.24) is 24.7 Å². The van der Waals surface area contributed by atoms with Gasteiger partial charge in [0.15, 0.2) is 0 Å². The molecule has 140 valence electrons. The first-order chi connectivity index (χ1) is 13.6. The Morgan fingerprint density at radius 2 is 1.68 bits per heavy atom. The van der Waals surface area contributed by atoms with Crippen molar-refractivity contribution < 1.29 is 13.2 Å². The largest absolute Gasteiger partial charge is 0.415 e. The maximum Gasteiger partial charge on any atom is 0.314 e. The number of nitrogens with zero attached hydrogens (tertiary/aromatic N) is 5. The van der Waals surface area contributed by atoms with Gasteiger partial charge in [-0.2, -0.15) is 8.78 Å². The van der Waals surface area contributed by atoms with E-state index in [0.717, 1.165) is 11.1 Å². The molecule has 0 saturated carbocycles. The Balaban J connectivity index is 1.63. The monoisotopic (exact) mass is 381 g/mol. The molecule has 3 heterocycles. The first-order valence-corrected chi connectivity index (χ1v) is 8.29. The van der Waals surface area contributed by atoms with Gasteiger partial charge in [0.1, 0.15) is 5.82 Å². The number of alkyl halides is 2. The molecule has 0 aliphatic rings. The predicted molar refractivity (Wildman–Crippen MR) is 95.5 cm³/mol. The van der Waals surface area contributed by atoms with Gasteiger partial charge in [-0.15, -0.1) is 10.2 Å². The fourth-order valence-corrected chi connectivity index (χ4v) is 2.69. The lowest BCUT2D eigenvalue weighted by atomic mass is 10.1. The van der Waals surface area contributed by atoms with Crippen LogP contribution in [0, 0.1) is 0 Å². The molecule has 0 unspecified atom stereocenters. The highest BCUT2D eigenvalue weighted by atomic mass is 19.3. The molecule has 3 aromatic heterocycles. The molecule has 7 nitrogen and oxygen atoms in total. The summed E-state index contributed by atoms with van der Waals surface area (Å²) in [7, 11) is 0. The summed E-state index contributed by atoms with van der Waals surface area (Å²) in [5.41, 5.74) is 1.91. The summed E-state index contributed by atoms with van der Waals surface area (Å²) in [4.78, 5) is 20.7. The summed E-state index contributed by atoms with van der Waals surface area (Å²) in [5, 5.41) is 6.94. The van der Waals surface area contributed by atoms with Gasteiger partial charge in [-0.05, 0) is 29.8 Å². The summed E-state index contributed by atoms with van der Waals surface area (Å²) in [6, 6.07) is 11.8. The Bertz CT molecular complexity index is 1140. The van der Waals surface area contributed by atoms with Crippen molar-refractivity contribution in [3.63, 3.8) is 0 Å². The molecule has 0 radical (unpaired) electrons. The Kier molecular flexibility index (Phi) is 4.71. The molecular weight excluding hydrogens is 368 g/mol. The summed E-state index contributed by atoms with van der Waals surface area (Å²) < 4.78 is 31.6. The van der Waals surface area contributed by atoms with Crippen LogP contribution < -0.4 is 5.56 Å². The van der Waals surface area contributed by atoms with E-state index in [2.05, 4.69) is 20.2 Å². The normalized spacial score (nSPS) is 11.1. The van der Waals surface area contributed by atoms with Crippen molar-refractivity contribution in [3.05, 3.63) is 82.9 Å². The lowest BCUT2D eigenvalue weighted by Crippen LogP contribution is -2.22. The predicted octanol–water partition coefficient (Wildman–Crippen LogP) is 3.34. The number of aromatic nitrogens is 5.